The monoisotopic (exact) mass is 356 g/mol. The molecule has 0 spiro atoms. The van der Waals surface area contributed by atoms with Gasteiger partial charge >= 0.3 is 5.97 Å². The number of nitrogens with one attached hydrogen (secondary N) is 1. The number of carboxylic acid groups (broad SMARTS) is 1. The Morgan fingerprint density at radius 1 is 1.24 bits per heavy atom. The molecule has 1 heterocycles. The zero-order valence-electron chi connectivity index (χ0n) is 10.2. The first kappa shape index (κ1) is 15.0. The lowest BCUT2D eigenvalue weighted by Crippen LogP contribution is -2.19. The highest BCUT2D eigenvalue weighted by atomic mass is 79.9. The van der Waals surface area contributed by atoms with Gasteiger partial charge in [0.15, 0.2) is 0 Å². The minimum Gasteiger partial charge on any atom is -0.478 e. The van der Waals surface area contributed by atoms with Crippen LogP contribution in [0.3, 0.4) is 0 Å². The number of hydrogen-bond donors (Lipinski definition) is 2. The van der Waals surface area contributed by atoms with Crippen LogP contribution >= 0.6 is 15.9 Å². The molecule has 0 saturated heterocycles. The minimum atomic E-state index is -1.35. The van der Waals surface area contributed by atoms with Gasteiger partial charge in [0.25, 0.3) is 5.91 Å². The molecular formula is C13H7BrF2N2O3. The second kappa shape index (κ2) is 5.96. The first-order valence-electron chi connectivity index (χ1n) is 5.54. The van der Waals surface area contributed by atoms with E-state index in [0.29, 0.717) is 0 Å². The van der Waals surface area contributed by atoms with Gasteiger partial charge in [-0.1, -0.05) is 0 Å². The van der Waals surface area contributed by atoms with Crippen LogP contribution in [-0.2, 0) is 0 Å². The standard InChI is InChI=1S/C13H7BrF2N2O3/c14-7-4-9(16)10(5-8(7)15)18-12(19)11-6(13(20)21)2-1-3-17-11/h1-5H,(H,18,19)(H,20,21). The van der Waals surface area contributed by atoms with Crippen LogP contribution in [0.25, 0.3) is 0 Å². The van der Waals surface area contributed by atoms with E-state index in [1.807, 2.05) is 0 Å². The summed E-state index contributed by atoms with van der Waals surface area (Å²) >= 11 is 2.80. The topological polar surface area (TPSA) is 79.3 Å². The molecule has 2 rings (SSSR count). The summed E-state index contributed by atoms with van der Waals surface area (Å²) in [5.41, 5.74) is -1.15. The molecule has 0 fully saturated rings. The Kier molecular flexibility index (Phi) is 4.27. The summed E-state index contributed by atoms with van der Waals surface area (Å²) in [5.74, 6) is -3.94. The largest absolute Gasteiger partial charge is 0.478 e. The van der Waals surface area contributed by atoms with Gasteiger partial charge in [-0.25, -0.2) is 13.6 Å². The van der Waals surface area contributed by atoms with Crippen LogP contribution in [0.1, 0.15) is 20.8 Å². The molecule has 0 aliphatic rings. The Hall–Kier alpha value is -2.35. The van der Waals surface area contributed by atoms with Crippen molar-refractivity contribution in [3.8, 4) is 0 Å². The number of carbonyl (C=O) groups is 2. The van der Waals surface area contributed by atoms with Crippen molar-refractivity contribution in [3.63, 3.8) is 0 Å². The fourth-order valence-corrected chi connectivity index (χ4v) is 1.87. The number of hydrogen-bond acceptors (Lipinski definition) is 3. The Labute approximate surface area is 125 Å². The summed E-state index contributed by atoms with van der Waals surface area (Å²) in [6, 6.07) is 4.16. The summed E-state index contributed by atoms with van der Waals surface area (Å²) < 4.78 is 26.9. The molecule has 0 atom stereocenters. The molecule has 1 amide bonds. The van der Waals surface area contributed by atoms with Gasteiger partial charge in [-0.05, 0) is 34.1 Å². The molecule has 0 unspecified atom stereocenters. The number of pyridine rings is 1. The van der Waals surface area contributed by atoms with Crippen LogP contribution in [0.2, 0.25) is 0 Å². The van der Waals surface area contributed by atoms with Crippen molar-refractivity contribution in [2.75, 3.05) is 5.32 Å². The lowest BCUT2D eigenvalue weighted by atomic mass is 10.2. The first-order chi connectivity index (χ1) is 9.90. The van der Waals surface area contributed by atoms with Crippen molar-refractivity contribution < 1.29 is 23.5 Å². The van der Waals surface area contributed by atoms with Crippen LogP contribution < -0.4 is 5.32 Å². The molecule has 0 aliphatic heterocycles. The number of rotatable bonds is 3. The van der Waals surface area contributed by atoms with Gasteiger partial charge < -0.3 is 10.4 Å². The third-order valence-electron chi connectivity index (χ3n) is 2.51. The van der Waals surface area contributed by atoms with Gasteiger partial charge in [0.1, 0.15) is 17.3 Å². The Bertz CT molecular complexity index is 737. The third kappa shape index (κ3) is 3.22. The average Bonchev–Trinajstić information content (AvgIpc) is 2.44. The van der Waals surface area contributed by atoms with Crippen LogP contribution in [0.5, 0.6) is 0 Å². The zero-order chi connectivity index (χ0) is 15.6. The number of aromatic carboxylic acids is 1. The normalized spacial score (nSPS) is 10.2. The number of anilines is 1. The number of benzene rings is 1. The van der Waals surface area contributed by atoms with Crippen molar-refractivity contribution in [2.24, 2.45) is 0 Å². The second-order valence-corrected chi connectivity index (χ2v) is 4.76. The van der Waals surface area contributed by atoms with Gasteiger partial charge in [0.05, 0.1) is 15.7 Å². The predicted octanol–water partition coefficient (Wildman–Crippen LogP) is 3.07. The van der Waals surface area contributed by atoms with Crippen LogP contribution in [0.15, 0.2) is 34.9 Å². The average molecular weight is 357 g/mol. The number of aromatic nitrogens is 1. The molecule has 2 aromatic rings. The van der Waals surface area contributed by atoms with Crippen molar-refractivity contribution in [1.29, 1.82) is 0 Å². The highest BCUT2D eigenvalue weighted by Crippen LogP contribution is 2.23. The molecule has 1 aromatic heterocycles. The highest BCUT2D eigenvalue weighted by Gasteiger charge is 2.19. The maximum absolute atomic E-state index is 13.6. The van der Waals surface area contributed by atoms with Gasteiger partial charge in [-0.2, -0.15) is 0 Å². The second-order valence-electron chi connectivity index (χ2n) is 3.91. The Morgan fingerprint density at radius 3 is 2.62 bits per heavy atom. The molecule has 0 saturated carbocycles. The summed E-state index contributed by atoms with van der Waals surface area (Å²) in [6.07, 6.45) is 1.22. The van der Waals surface area contributed by atoms with Crippen molar-refractivity contribution in [1.82, 2.24) is 4.98 Å². The van der Waals surface area contributed by atoms with E-state index >= 15 is 0 Å². The Morgan fingerprint density at radius 2 is 1.95 bits per heavy atom. The van der Waals surface area contributed by atoms with Crippen LogP contribution in [0.4, 0.5) is 14.5 Å². The third-order valence-corrected chi connectivity index (χ3v) is 3.12. The maximum atomic E-state index is 13.6. The molecule has 0 bridgehead atoms. The van der Waals surface area contributed by atoms with E-state index in [2.05, 4.69) is 26.2 Å². The smallest absolute Gasteiger partial charge is 0.338 e. The number of amides is 1. The van der Waals surface area contributed by atoms with Crippen molar-refractivity contribution >= 4 is 33.5 Å². The van der Waals surface area contributed by atoms with E-state index in [1.165, 1.54) is 18.3 Å². The van der Waals surface area contributed by atoms with Gasteiger partial charge in [0.2, 0.25) is 0 Å². The summed E-state index contributed by atoms with van der Waals surface area (Å²) in [6.45, 7) is 0. The van der Waals surface area contributed by atoms with Crippen molar-refractivity contribution in [3.05, 3.63) is 57.8 Å². The number of carboxylic acids is 1. The molecule has 108 valence electrons. The fraction of sp³-hybridized carbons (Fsp3) is 0. The van der Waals surface area contributed by atoms with E-state index < -0.39 is 34.9 Å². The fourth-order valence-electron chi connectivity index (χ4n) is 1.56. The van der Waals surface area contributed by atoms with Gasteiger partial charge in [-0.3, -0.25) is 9.78 Å². The molecule has 8 heteroatoms. The summed E-state index contributed by atoms with van der Waals surface area (Å²) in [7, 11) is 0. The minimum absolute atomic E-state index is 0.0953. The highest BCUT2D eigenvalue weighted by molar-refractivity contribution is 9.10. The number of carbonyl (C=O) groups excluding carboxylic acids is 1. The van der Waals surface area contributed by atoms with E-state index in [0.717, 1.165) is 12.1 Å². The molecule has 21 heavy (non-hydrogen) atoms. The molecule has 2 N–H and O–H groups in total. The molecule has 5 nitrogen and oxygen atoms in total. The lowest BCUT2D eigenvalue weighted by molar-refractivity contribution is 0.0691. The van der Waals surface area contributed by atoms with Crippen LogP contribution in [0, 0.1) is 11.6 Å². The SMILES string of the molecule is O=C(O)c1cccnc1C(=O)Nc1cc(F)c(Br)cc1F. The summed E-state index contributed by atoms with van der Waals surface area (Å²) in [4.78, 5) is 26.6. The molecule has 0 aliphatic carbocycles. The Balaban J connectivity index is 2.35. The quantitative estimate of drug-likeness (QED) is 0.828. The van der Waals surface area contributed by atoms with E-state index in [9.17, 15) is 18.4 Å². The van der Waals surface area contributed by atoms with Crippen LogP contribution in [-0.4, -0.2) is 22.0 Å². The number of nitrogens with zero attached hydrogens (tertiary/aromatic N) is 1. The maximum Gasteiger partial charge on any atom is 0.338 e. The van der Waals surface area contributed by atoms with E-state index in [1.54, 1.807) is 0 Å². The summed E-state index contributed by atoms with van der Waals surface area (Å²) in [5, 5.41) is 11.0. The molecule has 1 aromatic carbocycles. The predicted molar refractivity (Wildman–Crippen MR) is 73.2 cm³/mol. The van der Waals surface area contributed by atoms with E-state index in [4.69, 9.17) is 5.11 Å². The first-order valence-corrected chi connectivity index (χ1v) is 6.33. The van der Waals surface area contributed by atoms with Gasteiger partial charge in [0, 0.05) is 12.3 Å². The van der Waals surface area contributed by atoms with Gasteiger partial charge in [-0.15, -0.1) is 0 Å². The number of halogens is 3. The van der Waals surface area contributed by atoms with Crippen molar-refractivity contribution in [2.45, 2.75) is 0 Å². The lowest BCUT2D eigenvalue weighted by Gasteiger charge is -2.08. The molecular weight excluding hydrogens is 350 g/mol. The zero-order valence-corrected chi connectivity index (χ0v) is 11.8. The van der Waals surface area contributed by atoms with E-state index in [-0.39, 0.29) is 10.0 Å². The molecule has 0 radical (unpaired) electrons.